The van der Waals surface area contributed by atoms with Crippen LogP contribution in [0.5, 0.6) is 0 Å². The highest BCUT2D eigenvalue weighted by Crippen LogP contribution is 2.22. The van der Waals surface area contributed by atoms with E-state index in [9.17, 15) is 5.11 Å². The summed E-state index contributed by atoms with van der Waals surface area (Å²) < 4.78 is 0. The molecule has 0 radical (unpaired) electrons. The van der Waals surface area contributed by atoms with E-state index in [0.29, 0.717) is 11.8 Å². The molecule has 1 atom stereocenters. The first-order valence-electron chi connectivity index (χ1n) is 8.26. The molecule has 5 heteroatoms. The molecule has 128 valence electrons. The van der Waals surface area contributed by atoms with Crippen LogP contribution in [0.4, 0.5) is 17.5 Å². The lowest BCUT2D eigenvalue weighted by molar-refractivity contribution is 0.276. The Morgan fingerprint density at radius 3 is 2.40 bits per heavy atom. The average Bonchev–Trinajstić information content (AvgIpc) is 2.63. The van der Waals surface area contributed by atoms with Gasteiger partial charge in [0.25, 0.3) is 0 Å². The second kappa shape index (κ2) is 7.77. The molecule has 0 spiro atoms. The van der Waals surface area contributed by atoms with Gasteiger partial charge >= 0.3 is 0 Å². The van der Waals surface area contributed by atoms with Crippen LogP contribution in [0, 0.1) is 13.8 Å². The Morgan fingerprint density at radius 1 is 0.960 bits per heavy atom. The summed E-state index contributed by atoms with van der Waals surface area (Å²) in [4.78, 5) is 8.78. The zero-order chi connectivity index (χ0) is 17.6. The van der Waals surface area contributed by atoms with Crippen LogP contribution in [-0.2, 0) is 0 Å². The van der Waals surface area contributed by atoms with E-state index in [2.05, 4.69) is 20.6 Å². The molecule has 1 heterocycles. The van der Waals surface area contributed by atoms with Crippen LogP contribution >= 0.6 is 0 Å². The number of para-hydroxylation sites is 1. The Balaban J connectivity index is 1.79. The quantitative estimate of drug-likeness (QED) is 0.636. The van der Waals surface area contributed by atoms with Crippen LogP contribution in [0.2, 0.25) is 0 Å². The van der Waals surface area contributed by atoms with Crippen molar-refractivity contribution in [3.05, 3.63) is 77.5 Å². The zero-order valence-electron chi connectivity index (χ0n) is 14.4. The molecule has 1 aromatic heterocycles. The molecule has 3 N–H and O–H groups in total. The summed E-state index contributed by atoms with van der Waals surface area (Å²) in [5.74, 6) is 1.18. The molecule has 0 saturated carbocycles. The van der Waals surface area contributed by atoms with E-state index in [1.807, 2.05) is 62.4 Å². The third-order valence-corrected chi connectivity index (χ3v) is 4.12. The van der Waals surface area contributed by atoms with Gasteiger partial charge in [0.1, 0.15) is 5.82 Å². The summed E-state index contributed by atoms with van der Waals surface area (Å²) in [6.07, 6.45) is 1.70. The molecule has 0 saturated heterocycles. The third kappa shape index (κ3) is 4.14. The van der Waals surface area contributed by atoms with Gasteiger partial charge in [0.2, 0.25) is 5.95 Å². The molecule has 1 unspecified atom stereocenters. The summed E-state index contributed by atoms with van der Waals surface area (Å²) in [7, 11) is 0. The van der Waals surface area contributed by atoms with Crippen LogP contribution in [0.3, 0.4) is 0 Å². The highest BCUT2D eigenvalue weighted by atomic mass is 16.3. The minimum Gasteiger partial charge on any atom is -0.394 e. The second-order valence-corrected chi connectivity index (χ2v) is 5.94. The highest BCUT2D eigenvalue weighted by Gasteiger charge is 2.13. The molecular formula is C20H22N4O. The molecule has 0 aliphatic carbocycles. The molecule has 0 amide bonds. The standard InChI is InChI=1S/C20H22N4O/c1-14-7-3-5-9-16(14)18(13-25)22-19-11-12-21-20(24-19)23-17-10-6-4-8-15(17)2/h3-12,18,25H,13H2,1-2H3,(H2,21,22,23,24). The summed E-state index contributed by atoms with van der Waals surface area (Å²) in [5, 5.41) is 16.3. The lowest BCUT2D eigenvalue weighted by Crippen LogP contribution is -2.17. The van der Waals surface area contributed by atoms with E-state index in [-0.39, 0.29) is 12.6 Å². The lowest BCUT2D eigenvalue weighted by Gasteiger charge is -2.19. The maximum absolute atomic E-state index is 9.78. The fourth-order valence-corrected chi connectivity index (χ4v) is 2.71. The van der Waals surface area contributed by atoms with Gasteiger partial charge in [-0.3, -0.25) is 0 Å². The van der Waals surface area contributed by atoms with Crippen LogP contribution < -0.4 is 10.6 Å². The van der Waals surface area contributed by atoms with Crippen molar-refractivity contribution in [1.29, 1.82) is 0 Å². The maximum Gasteiger partial charge on any atom is 0.229 e. The minimum atomic E-state index is -0.220. The molecule has 25 heavy (non-hydrogen) atoms. The van der Waals surface area contributed by atoms with Gasteiger partial charge in [-0.25, -0.2) is 4.98 Å². The van der Waals surface area contributed by atoms with Crippen LogP contribution in [0.1, 0.15) is 22.7 Å². The van der Waals surface area contributed by atoms with Crippen molar-refractivity contribution in [2.45, 2.75) is 19.9 Å². The molecule has 0 aliphatic rings. The van der Waals surface area contributed by atoms with Gasteiger partial charge < -0.3 is 15.7 Å². The number of aryl methyl sites for hydroxylation is 2. The Kier molecular flexibility index (Phi) is 5.26. The van der Waals surface area contributed by atoms with E-state index >= 15 is 0 Å². The number of nitrogens with one attached hydrogen (secondary N) is 2. The van der Waals surface area contributed by atoms with E-state index in [4.69, 9.17) is 0 Å². The van der Waals surface area contributed by atoms with Gasteiger partial charge in [0.05, 0.1) is 12.6 Å². The number of anilines is 3. The smallest absolute Gasteiger partial charge is 0.229 e. The van der Waals surface area contributed by atoms with E-state index in [1.165, 1.54) is 0 Å². The first kappa shape index (κ1) is 16.9. The van der Waals surface area contributed by atoms with Crippen LogP contribution in [0.15, 0.2) is 60.8 Å². The summed E-state index contributed by atoms with van der Waals surface area (Å²) >= 11 is 0. The van der Waals surface area contributed by atoms with Gasteiger partial charge in [-0.1, -0.05) is 42.5 Å². The van der Waals surface area contributed by atoms with Crippen molar-refractivity contribution >= 4 is 17.5 Å². The van der Waals surface area contributed by atoms with Gasteiger partial charge in [-0.2, -0.15) is 4.98 Å². The third-order valence-electron chi connectivity index (χ3n) is 4.12. The number of benzene rings is 2. The Hall–Kier alpha value is -2.92. The van der Waals surface area contributed by atoms with Gasteiger partial charge in [-0.15, -0.1) is 0 Å². The number of hydrogen-bond donors (Lipinski definition) is 3. The van der Waals surface area contributed by atoms with E-state index in [0.717, 1.165) is 22.4 Å². The fourth-order valence-electron chi connectivity index (χ4n) is 2.71. The summed E-state index contributed by atoms with van der Waals surface area (Å²) in [5.41, 5.74) is 4.27. The SMILES string of the molecule is Cc1ccccc1Nc1nccc(NC(CO)c2ccccc2C)n1. The number of hydrogen-bond acceptors (Lipinski definition) is 5. The molecular weight excluding hydrogens is 312 g/mol. The van der Waals surface area contributed by atoms with Crippen molar-refractivity contribution in [3.63, 3.8) is 0 Å². The number of aliphatic hydroxyl groups is 1. The van der Waals surface area contributed by atoms with Gasteiger partial charge in [-0.05, 0) is 42.7 Å². The largest absolute Gasteiger partial charge is 0.394 e. The predicted molar refractivity (Wildman–Crippen MR) is 101 cm³/mol. The maximum atomic E-state index is 9.78. The molecule has 3 aromatic rings. The van der Waals surface area contributed by atoms with Gasteiger partial charge in [0.15, 0.2) is 0 Å². The van der Waals surface area contributed by atoms with Gasteiger partial charge in [0, 0.05) is 11.9 Å². The monoisotopic (exact) mass is 334 g/mol. The first-order chi connectivity index (χ1) is 12.2. The molecule has 0 bridgehead atoms. The predicted octanol–water partition coefficient (Wildman–Crippen LogP) is 3.98. The molecule has 5 nitrogen and oxygen atoms in total. The molecule has 0 aliphatic heterocycles. The van der Waals surface area contributed by atoms with Crippen molar-refractivity contribution in [3.8, 4) is 0 Å². The van der Waals surface area contributed by atoms with E-state index in [1.54, 1.807) is 12.3 Å². The van der Waals surface area contributed by atoms with Crippen molar-refractivity contribution in [2.75, 3.05) is 17.2 Å². The van der Waals surface area contributed by atoms with Crippen LogP contribution in [0.25, 0.3) is 0 Å². The first-order valence-corrected chi connectivity index (χ1v) is 8.26. The number of nitrogens with zero attached hydrogens (tertiary/aromatic N) is 2. The zero-order valence-corrected chi connectivity index (χ0v) is 14.4. The van der Waals surface area contributed by atoms with Crippen molar-refractivity contribution in [1.82, 2.24) is 9.97 Å². The van der Waals surface area contributed by atoms with Crippen molar-refractivity contribution in [2.24, 2.45) is 0 Å². The number of rotatable bonds is 6. The lowest BCUT2D eigenvalue weighted by atomic mass is 10.0. The summed E-state index contributed by atoms with van der Waals surface area (Å²) in [6, 6.07) is 17.6. The Bertz CT molecular complexity index is 850. The average molecular weight is 334 g/mol. The molecule has 2 aromatic carbocycles. The molecule has 3 rings (SSSR count). The normalized spacial score (nSPS) is 11.8. The Labute approximate surface area is 147 Å². The number of aromatic nitrogens is 2. The topological polar surface area (TPSA) is 70.1 Å². The van der Waals surface area contributed by atoms with Crippen LogP contribution in [-0.4, -0.2) is 21.7 Å². The fraction of sp³-hybridized carbons (Fsp3) is 0.200. The van der Waals surface area contributed by atoms with Crippen molar-refractivity contribution < 1.29 is 5.11 Å². The highest BCUT2D eigenvalue weighted by molar-refractivity contribution is 5.59. The minimum absolute atomic E-state index is 0.0184. The number of aliphatic hydroxyl groups excluding tert-OH is 1. The summed E-state index contributed by atoms with van der Waals surface area (Å²) in [6.45, 7) is 4.05. The Morgan fingerprint density at radius 2 is 1.68 bits per heavy atom. The second-order valence-electron chi connectivity index (χ2n) is 5.94. The molecule has 0 fully saturated rings. The van der Waals surface area contributed by atoms with E-state index < -0.39 is 0 Å².